The Morgan fingerprint density at radius 1 is 1.35 bits per heavy atom. The summed E-state index contributed by atoms with van der Waals surface area (Å²) in [5.74, 6) is -0.119. The molecule has 0 aliphatic carbocycles. The number of nitriles is 1. The SMILES string of the molecule is CCN(CCO[Si](C)(C)C(C)(C)C)C(=O)/C(C#N)=C/c1cc(OC)c(C)c([N+](=O)[O-])c1. The van der Waals surface area contributed by atoms with Crippen LogP contribution in [-0.4, -0.2) is 50.9 Å². The largest absolute Gasteiger partial charge is 0.496 e. The lowest BCUT2D eigenvalue weighted by atomic mass is 10.1. The molecule has 0 aliphatic rings. The zero-order valence-corrected chi connectivity index (χ0v) is 20.7. The number of likely N-dealkylation sites (N-methyl/N-ethyl adjacent to an activating group) is 1. The van der Waals surface area contributed by atoms with Gasteiger partial charge in [-0.3, -0.25) is 14.9 Å². The zero-order valence-electron chi connectivity index (χ0n) is 19.7. The van der Waals surface area contributed by atoms with Gasteiger partial charge >= 0.3 is 0 Å². The molecule has 0 fully saturated rings. The van der Waals surface area contributed by atoms with Gasteiger partial charge in [-0.25, -0.2) is 0 Å². The van der Waals surface area contributed by atoms with E-state index < -0.39 is 19.1 Å². The summed E-state index contributed by atoms with van der Waals surface area (Å²) in [6, 6.07) is 4.83. The smallest absolute Gasteiger partial charge is 0.276 e. The Bertz CT molecular complexity index is 898. The molecule has 0 spiro atoms. The number of hydrogen-bond acceptors (Lipinski definition) is 6. The number of carbonyl (C=O) groups excluding carboxylic acids is 1. The van der Waals surface area contributed by atoms with Crippen LogP contribution in [-0.2, 0) is 9.22 Å². The van der Waals surface area contributed by atoms with E-state index in [-0.39, 0.29) is 16.3 Å². The van der Waals surface area contributed by atoms with Crippen molar-refractivity contribution in [1.29, 1.82) is 5.26 Å². The van der Waals surface area contributed by atoms with Crippen molar-refractivity contribution in [3.63, 3.8) is 0 Å². The van der Waals surface area contributed by atoms with Crippen LogP contribution in [0.5, 0.6) is 5.75 Å². The van der Waals surface area contributed by atoms with Crippen LogP contribution in [0.15, 0.2) is 17.7 Å². The van der Waals surface area contributed by atoms with Gasteiger partial charge in [-0.15, -0.1) is 0 Å². The molecule has 0 N–H and O–H groups in total. The van der Waals surface area contributed by atoms with Crippen molar-refractivity contribution in [3.05, 3.63) is 38.9 Å². The van der Waals surface area contributed by atoms with Crippen molar-refractivity contribution in [2.75, 3.05) is 26.8 Å². The minimum absolute atomic E-state index is 0.0605. The number of nitro groups is 1. The van der Waals surface area contributed by atoms with E-state index in [2.05, 4.69) is 33.9 Å². The number of hydrogen-bond donors (Lipinski definition) is 0. The van der Waals surface area contributed by atoms with E-state index in [1.54, 1.807) is 17.9 Å². The highest BCUT2D eigenvalue weighted by molar-refractivity contribution is 6.74. The molecular weight excluding hydrogens is 414 g/mol. The molecule has 0 radical (unpaired) electrons. The summed E-state index contributed by atoms with van der Waals surface area (Å²) in [7, 11) is -0.530. The molecule has 31 heavy (non-hydrogen) atoms. The Morgan fingerprint density at radius 3 is 2.42 bits per heavy atom. The van der Waals surface area contributed by atoms with E-state index in [1.165, 1.54) is 19.3 Å². The first-order valence-corrected chi connectivity index (χ1v) is 13.1. The van der Waals surface area contributed by atoms with Gasteiger partial charge in [0.2, 0.25) is 0 Å². The van der Waals surface area contributed by atoms with Gasteiger partial charge in [0.25, 0.3) is 11.6 Å². The van der Waals surface area contributed by atoms with Gasteiger partial charge in [0.1, 0.15) is 17.4 Å². The molecular formula is C22H33N3O5Si. The van der Waals surface area contributed by atoms with Crippen molar-refractivity contribution in [2.45, 2.75) is 52.8 Å². The Hall–Kier alpha value is -2.70. The Morgan fingerprint density at radius 2 is 1.97 bits per heavy atom. The van der Waals surface area contributed by atoms with Gasteiger partial charge in [0.05, 0.1) is 24.2 Å². The van der Waals surface area contributed by atoms with Gasteiger partial charge in [-0.1, -0.05) is 20.8 Å². The minimum atomic E-state index is -1.94. The maximum atomic E-state index is 12.9. The first-order chi connectivity index (χ1) is 14.3. The average Bonchev–Trinajstić information content (AvgIpc) is 2.68. The molecule has 1 rings (SSSR count). The second-order valence-electron chi connectivity index (χ2n) is 8.79. The predicted molar refractivity (Wildman–Crippen MR) is 123 cm³/mol. The standard InChI is InChI=1S/C22H33N3O5Si/c1-9-24(10-11-30-31(7,8)22(3,4)5)21(26)18(15-23)12-17-13-19(25(27)28)16(2)20(14-17)29-6/h12-14H,9-11H2,1-8H3/b18-12+. The van der Waals surface area contributed by atoms with Crippen LogP contribution in [0.4, 0.5) is 5.69 Å². The lowest BCUT2D eigenvalue weighted by Gasteiger charge is -2.36. The second kappa shape index (κ2) is 10.6. The number of ether oxygens (including phenoxy) is 1. The lowest BCUT2D eigenvalue weighted by Crippen LogP contribution is -2.43. The summed E-state index contributed by atoms with van der Waals surface area (Å²) in [5, 5.41) is 21.0. The predicted octanol–water partition coefficient (Wildman–Crippen LogP) is 4.69. The van der Waals surface area contributed by atoms with Gasteiger partial charge in [0, 0.05) is 19.2 Å². The van der Waals surface area contributed by atoms with Crippen LogP contribution in [0.2, 0.25) is 18.1 Å². The topological polar surface area (TPSA) is 106 Å². The van der Waals surface area contributed by atoms with Crippen LogP contribution in [0.25, 0.3) is 6.08 Å². The van der Waals surface area contributed by atoms with E-state index in [1.807, 2.05) is 13.0 Å². The van der Waals surface area contributed by atoms with Crippen molar-refractivity contribution in [1.82, 2.24) is 4.90 Å². The van der Waals surface area contributed by atoms with Crippen LogP contribution >= 0.6 is 0 Å². The summed E-state index contributed by atoms with van der Waals surface area (Å²) < 4.78 is 11.4. The first kappa shape index (κ1) is 26.3. The Balaban J connectivity index is 3.11. The molecule has 0 heterocycles. The van der Waals surface area contributed by atoms with Crippen molar-refractivity contribution in [3.8, 4) is 11.8 Å². The molecule has 0 unspecified atom stereocenters. The van der Waals surface area contributed by atoms with Crippen molar-refractivity contribution >= 4 is 26.0 Å². The number of methoxy groups -OCH3 is 1. The first-order valence-electron chi connectivity index (χ1n) is 10.2. The molecule has 0 saturated carbocycles. The summed E-state index contributed by atoms with van der Waals surface area (Å²) in [6.07, 6.45) is 1.36. The molecule has 0 atom stereocenters. The number of benzene rings is 1. The molecule has 0 saturated heterocycles. The van der Waals surface area contributed by atoms with Gasteiger partial charge in [-0.05, 0) is 49.7 Å². The van der Waals surface area contributed by atoms with E-state index in [4.69, 9.17) is 9.16 Å². The number of amides is 1. The van der Waals surface area contributed by atoms with Gasteiger partial charge in [0.15, 0.2) is 8.32 Å². The summed E-state index contributed by atoms with van der Waals surface area (Å²) in [6.45, 7) is 15.3. The second-order valence-corrected chi connectivity index (χ2v) is 13.6. The van der Waals surface area contributed by atoms with Crippen molar-refractivity contribution < 1.29 is 18.9 Å². The van der Waals surface area contributed by atoms with Crippen LogP contribution in [0.1, 0.15) is 38.8 Å². The number of carbonyl (C=O) groups is 1. The highest BCUT2D eigenvalue weighted by atomic mass is 28.4. The fourth-order valence-electron chi connectivity index (χ4n) is 2.69. The summed E-state index contributed by atoms with van der Waals surface area (Å²) in [5.41, 5.74) is 0.500. The molecule has 0 aliphatic heterocycles. The number of rotatable bonds is 9. The summed E-state index contributed by atoms with van der Waals surface area (Å²) in [4.78, 5) is 25.3. The number of nitro benzene ring substituents is 1. The molecule has 0 aromatic heterocycles. The normalized spacial score (nSPS) is 12.3. The summed E-state index contributed by atoms with van der Waals surface area (Å²) >= 11 is 0. The van der Waals surface area contributed by atoms with E-state index in [9.17, 15) is 20.2 Å². The van der Waals surface area contributed by atoms with Gasteiger partial charge < -0.3 is 14.1 Å². The third-order valence-corrected chi connectivity index (χ3v) is 10.3. The molecule has 0 bridgehead atoms. The van der Waals surface area contributed by atoms with E-state index in [0.29, 0.717) is 36.6 Å². The fraction of sp³-hybridized carbons (Fsp3) is 0.545. The average molecular weight is 448 g/mol. The van der Waals surface area contributed by atoms with Crippen LogP contribution in [0.3, 0.4) is 0 Å². The Labute approximate surface area is 185 Å². The zero-order chi connectivity index (χ0) is 24.0. The quantitative estimate of drug-likeness (QED) is 0.179. The Kier molecular flexibility index (Phi) is 8.96. The molecule has 170 valence electrons. The maximum absolute atomic E-state index is 12.9. The molecule has 8 nitrogen and oxygen atoms in total. The third-order valence-electron chi connectivity index (χ3n) is 5.73. The number of nitrogens with zero attached hydrogens (tertiary/aromatic N) is 3. The fourth-order valence-corrected chi connectivity index (χ4v) is 3.72. The van der Waals surface area contributed by atoms with Crippen LogP contribution in [0, 0.1) is 28.4 Å². The third kappa shape index (κ3) is 6.64. The monoisotopic (exact) mass is 447 g/mol. The van der Waals surface area contributed by atoms with Crippen LogP contribution < -0.4 is 4.74 Å². The molecule has 9 heteroatoms. The van der Waals surface area contributed by atoms with E-state index >= 15 is 0 Å². The maximum Gasteiger partial charge on any atom is 0.276 e. The lowest BCUT2D eigenvalue weighted by molar-refractivity contribution is -0.385. The van der Waals surface area contributed by atoms with Gasteiger partial charge in [-0.2, -0.15) is 5.26 Å². The molecule has 1 aromatic carbocycles. The molecule has 1 amide bonds. The highest BCUT2D eigenvalue weighted by Crippen LogP contribution is 2.36. The van der Waals surface area contributed by atoms with E-state index in [0.717, 1.165) is 0 Å². The minimum Gasteiger partial charge on any atom is -0.496 e. The van der Waals surface area contributed by atoms with Crippen molar-refractivity contribution in [2.24, 2.45) is 0 Å². The molecule has 1 aromatic rings. The highest BCUT2D eigenvalue weighted by Gasteiger charge is 2.37.